The molecule has 1 N–H and O–H groups in total. The van der Waals surface area contributed by atoms with Gasteiger partial charge in [0.25, 0.3) is 10.1 Å². The molecule has 0 radical (unpaired) electrons. The molecule has 0 fully saturated rings. The van der Waals surface area contributed by atoms with Crippen LogP contribution < -0.4 is 0 Å². The normalized spacial score (nSPS) is 12.7. The van der Waals surface area contributed by atoms with Crippen LogP contribution in [0.2, 0.25) is 0 Å². The predicted octanol–water partition coefficient (Wildman–Crippen LogP) is 0.621. The van der Waals surface area contributed by atoms with Crippen LogP contribution in [0.3, 0.4) is 0 Å². The van der Waals surface area contributed by atoms with E-state index in [1.807, 2.05) is 25.8 Å². The molecule has 0 heterocycles. The first kappa shape index (κ1) is 14.8. The first-order valence-corrected chi connectivity index (χ1v) is 6.67. The fraction of sp³-hybridized carbons (Fsp3) is 1.00. The lowest BCUT2D eigenvalue weighted by molar-refractivity contribution is 0.0639. The number of likely N-dealkylation sites (N-methyl/N-ethyl adjacent to an activating group) is 1. The van der Waals surface area contributed by atoms with Gasteiger partial charge < -0.3 is 9.64 Å². The Morgan fingerprint density at radius 2 is 1.93 bits per heavy atom. The highest BCUT2D eigenvalue weighted by atomic mass is 32.2. The molecule has 0 saturated carbocycles. The minimum absolute atomic E-state index is 0.178. The van der Waals surface area contributed by atoms with Gasteiger partial charge in [-0.25, -0.2) is 0 Å². The molecule has 0 aromatic rings. The molecule has 0 aliphatic heterocycles. The van der Waals surface area contributed by atoms with Gasteiger partial charge in [0.1, 0.15) is 0 Å². The molecule has 0 aromatic heterocycles. The van der Waals surface area contributed by atoms with Crippen molar-refractivity contribution in [2.24, 2.45) is 0 Å². The molecule has 0 spiro atoms. The summed E-state index contributed by atoms with van der Waals surface area (Å²) < 4.78 is 34.7. The topological polar surface area (TPSA) is 66.8 Å². The van der Waals surface area contributed by atoms with Gasteiger partial charge in [-0.15, -0.1) is 0 Å². The van der Waals surface area contributed by atoms with E-state index in [4.69, 9.17) is 9.29 Å². The Bertz CT molecular complexity index is 251. The zero-order valence-corrected chi connectivity index (χ0v) is 10.5. The summed E-state index contributed by atoms with van der Waals surface area (Å²) in [5.41, 5.74) is 0. The average Bonchev–Trinajstić information content (AvgIpc) is 2.00. The van der Waals surface area contributed by atoms with Gasteiger partial charge in [0.15, 0.2) is 0 Å². The monoisotopic (exact) mass is 239 g/mol. The van der Waals surface area contributed by atoms with Crippen molar-refractivity contribution in [3.63, 3.8) is 0 Å². The first-order chi connectivity index (χ1) is 6.81. The van der Waals surface area contributed by atoms with Crippen molar-refractivity contribution in [3.05, 3.63) is 0 Å². The highest BCUT2D eigenvalue weighted by Gasteiger charge is 2.05. The van der Waals surface area contributed by atoms with Crippen molar-refractivity contribution < 1.29 is 17.7 Å². The summed E-state index contributed by atoms with van der Waals surface area (Å²) in [5.74, 6) is -0.178. The summed E-state index contributed by atoms with van der Waals surface area (Å²) in [6.07, 6.45) is 0.660. The van der Waals surface area contributed by atoms with E-state index < -0.39 is 10.1 Å². The Morgan fingerprint density at radius 3 is 2.40 bits per heavy atom. The van der Waals surface area contributed by atoms with Crippen LogP contribution in [0.5, 0.6) is 0 Å². The third-order valence-electron chi connectivity index (χ3n) is 1.87. The lowest BCUT2D eigenvalue weighted by atomic mass is 10.4. The number of hydrogen-bond donors (Lipinski definition) is 1. The Labute approximate surface area is 92.2 Å². The van der Waals surface area contributed by atoms with Gasteiger partial charge in [-0.3, -0.25) is 4.55 Å². The molecule has 0 unspecified atom stereocenters. The van der Waals surface area contributed by atoms with Crippen LogP contribution in [0.25, 0.3) is 0 Å². The number of nitrogens with zero attached hydrogens (tertiary/aromatic N) is 1. The van der Waals surface area contributed by atoms with Crippen molar-refractivity contribution in [2.75, 3.05) is 32.5 Å². The maximum absolute atomic E-state index is 10.4. The number of ether oxygens (including phenoxy) is 1. The molecule has 0 rings (SSSR count). The molecule has 0 aliphatic carbocycles. The van der Waals surface area contributed by atoms with E-state index >= 15 is 0 Å². The summed E-state index contributed by atoms with van der Waals surface area (Å²) in [7, 11) is -1.92. The summed E-state index contributed by atoms with van der Waals surface area (Å²) in [6.45, 7) is 5.99. The number of rotatable bonds is 8. The van der Waals surface area contributed by atoms with E-state index in [2.05, 4.69) is 0 Å². The standard InChI is InChI=1S/C9H21NO4S/c1-9(2)14-7-6-10(3)5-4-8-15(11,12)13/h9H,4-8H2,1-3H3,(H,11,12,13). The largest absolute Gasteiger partial charge is 0.377 e. The zero-order valence-electron chi connectivity index (χ0n) is 9.64. The summed E-state index contributed by atoms with van der Waals surface area (Å²) in [4.78, 5) is 1.98. The minimum atomic E-state index is -3.81. The predicted molar refractivity (Wildman–Crippen MR) is 59.6 cm³/mol. The van der Waals surface area contributed by atoms with Gasteiger partial charge in [-0.05, 0) is 33.9 Å². The van der Waals surface area contributed by atoms with E-state index in [9.17, 15) is 8.42 Å². The average molecular weight is 239 g/mol. The second kappa shape index (κ2) is 7.16. The molecule has 15 heavy (non-hydrogen) atoms. The van der Waals surface area contributed by atoms with Crippen LogP contribution in [0.1, 0.15) is 20.3 Å². The van der Waals surface area contributed by atoms with E-state index in [-0.39, 0.29) is 11.9 Å². The quantitative estimate of drug-likeness (QED) is 0.629. The van der Waals surface area contributed by atoms with Crippen LogP contribution in [-0.4, -0.2) is 56.5 Å². The molecule has 0 bridgehead atoms. The van der Waals surface area contributed by atoms with Crippen LogP contribution in [0, 0.1) is 0 Å². The molecule has 0 saturated heterocycles. The highest BCUT2D eigenvalue weighted by molar-refractivity contribution is 7.85. The third-order valence-corrected chi connectivity index (χ3v) is 2.67. The fourth-order valence-corrected chi connectivity index (χ4v) is 1.57. The van der Waals surface area contributed by atoms with Gasteiger partial charge in [-0.2, -0.15) is 8.42 Å². The van der Waals surface area contributed by atoms with Gasteiger partial charge in [0, 0.05) is 6.54 Å². The van der Waals surface area contributed by atoms with Crippen LogP contribution in [0.15, 0.2) is 0 Å². The Balaban J connectivity index is 3.45. The molecule has 92 valence electrons. The molecular weight excluding hydrogens is 218 g/mol. The molecular formula is C9H21NO4S. The van der Waals surface area contributed by atoms with Gasteiger partial charge >= 0.3 is 0 Å². The number of hydrogen-bond acceptors (Lipinski definition) is 4. The van der Waals surface area contributed by atoms with Crippen molar-refractivity contribution in [3.8, 4) is 0 Å². The van der Waals surface area contributed by atoms with Gasteiger partial charge in [0.2, 0.25) is 0 Å². The van der Waals surface area contributed by atoms with E-state index in [1.165, 1.54) is 0 Å². The van der Waals surface area contributed by atoms with Crippen LogP contribution >= 0.6 is 0 Å². The van der Waals surface area contributed by atoms with Crippen molar-refractivity contribution >= 4 is 10.1 Å². The van der Waals surface area contributed by atoms with E-state index in [0.29, 0.717) is 19.6 Å². The molecule has 0 aliphatic rings. The SMILES string of the molecule is CC(C)OCCN(C)CCCS(=O)(=O)O. The van der Waals surface area contributed by atoms with Gasteiger partial charge in [-0.1, -0.05) is 0 Å². The van der Waals surface area contributed by atoms with Gasteiger partial charge in [0.05, 0.1) is 18.5 Å². The second-order valence-corrected chi connectivity index (χ2v) is 5.43. The summed E-state index contributed by atoms with van der Waals surface area (Å²) in [5, 5.41) is 0. The lowest BCUT2D eigenvalue weighted by Gasteiger charge is -2.16. The molecule has 6 heteroatoms. The molecule has 0 amide bonds. The van der Waals surface area contributed by atoms with Crippen LogP contribution in [0.4, 0.5) is 0 Å². The molecule has 5 nitrogen and oxygen atoms in total. The second-order valence-electron chi connectivity index (χ2n) is 3.86. The minimum Gasteiger partial charge on any atom is -0.377 e. The Hall–Kier alpha value is -0.170. The van der Waals surface area contributed by atoms with Crippen LogP contribution in [-0.2, 0) is 14.9 Å². The smallest absolute Gasteiger partial charge is 0.264 e. The molecule has 0 atom stereocenters. The van der Waals surface area contributed by atoms with Crippen molar-refractivity contribution in [2.45, 2.75) is 26.4 Å². The van der Waals surface area contributed by atoms with Crippen molar-refractivity contribution in [1.82, 2.24) is 4.90 Å². The fourth-order valence-electron chi connectivity index (χ4n) is 1.07. The van der Waals surface area contributed by atoms with E-state index in [0.717, 1.165) is 6.54 Å². The summed E-state index contributed by atoms with van der Waals surface area (Å²) >= 11 is 0. The first-order valence-electron chi connectivity index (χ1n) is 5.06. The Kier molecular flexibility index (Phi) is 7.08. The third kappa shape index (κ3) is 11.8. The lowest BCUT2D eigenvalue weighted by Crippen LogP contribution is -2.26. The maximum Gasteiger partial charge on any atom is 0.264 e. The maximum atomic E-state index is 10.4. The molecule has 0 aromatic carbocycles. The van der Waals surface area contributed by atoms with Crippen molar-refractivity contribution in [1.29, 1.82) is 0 Å². The zero-order chi connectivity index (χ0) is 11.9. The highest BCUT2D eigenvalue weighted by Crippen LogP contribution is 1.93. The summed E-state index contributed by atoms with van der Waals surface area (Å²) in [6, 6.07) is 0. The van der Waals surface area contributed by atoms with E-state index in [1.54, 1.807) is 0 Å². The Morgan fingerprint density at radius 1 is 1.33 bits per heavy atom.